The quantitative estimate of drug-likeness (QED) is 0.705. The zero-order valence-electron chi connectivity index (χ0n) is 19.7. The molecule has 1 aromatic carbocycles. The van der Waals surface area contributed by atoms with Crippen molar-refractivity contribution in [2.45, 2.75) is 52.4 Å². The van der Waals surface area contributed by atoms with Crippen LogP contribution in [0.5, 0.6) is 0 Å². The minimum absolute atomic E-state index is 0.0416. The molecule has 1 aromatic rings. The van der Waals surface area contributed by atoms with E-state index in [1.807, 2.05) is 19.9 Å². The number of likely N-dealkylation sites (N-methyl/N-ethyl adjacent to an activating group) is 1. The number of hydrogen-bond acceptors (Lipinski definition) is 7. The number of nitrogens with one attached hydrogen (secondary N) is 1. The monoisotopic (exact) mass is 442 g/mol. The third-order valence-electron chi connectivity index (χ3n) is 7.23. The van der Waals surface area contributed by atoms with Gasteiger partial charge in [0.05, 0.1) is 18.2 Å². The number of carbonyl (C=O) groups excluding carboxylic acids is 3. The molecule has 0 aliphatic carbocycles. The molecule has 8 heteroatoms. The van der Waals surface area contributed by atoms with E-state index in [2.05, 4.69) is 39.2 Å². The van der Waals surface area contributed by atoms with Crippen molar-refractivity contribution in [2.75, 3.05) is 49.6 Å². The molecule has 32 heavy (non-hydrogen) atoms. The van der Waals surface area contributed by atoms with E-state index in [1.54, 1.807) is 0 Å². The Hall–Kier alpha value is -2.45. The number of fused-ring (bicyclic) bond motifs is 3. The molecule has 2 amide bonds. The first kappa shape index (κ1) is 22.7. The van der Waals surface area contributed by atoms with Crippen molar-refractivity contribution in [2.24, 2.45) is 5.41 Å². The molecule has 4 rings (SSSR count). The van der Waals surface area contributed by atoms with Crippen LogP contribution < -0.4 is 15.1 Å². The summed E-state index contributed by atoms with van der Waals surface area (Å²) in [7, 11) is 2.14. The fraction of sp³-hybridized carbons (Fsp3) is 0.625. The van der Waals surface area contributed by atoms with Crippen molar-refractivity contribution in [3.8, 4) is 0 Å². The van der Waals surface area contributed by atoms with E-state index in [0.717, 1.165) is 43.1 Å². The number of amides is 2. The van der Waals surface area contributed by atoms with Gasteiger partial charge in [0.1, 0.15) is 11.2 Å². The predicted molar refractivity (Wildman–Crippen MR) is 123 cm³/mol. The smallest absolute Gasteiger partial charge is 0.242 e. The highest BCUT2D eigenvalue weighted by molar-refractivity contribution is 6.11. The summed E-state index contributed by atoms with van der Waals surface area (Å²) in [5, 5.41) is 2.40. The summed E-state index contributed by atoms with van der Waals surface area (Å²) < 4.78 is 6.11. The minimum Gasteiger partial charge on any atom is -0.372 e. The molecule has 3 aliphatic heterocycles. The molecule has 2 fully saturated rings. The molecule has 0 unspecified atom stereocenters. The summed E-state index contributed by atoms with van der Waals surface area (Å²) >= 11 is 0. The summed E-state index contributed by atoms with van der Waals surface area (Å²) in [6.45, 7) is 11.2. The lowest BCUT2D eigenvalue weighted by Gasteiger charge is -2.55. The van der Waals surface area contributed by atoms with Gasteiger partial charge < -0.3 is 19.4 Å². The molecule has 0 bridgehead atoms. The van der Waals surface area contributed by atoms with Gasteiger partial charge in [-0.1, -0.05) is 6.07 Å². The third kappa shape index (κ3) is 3.79. The second-order valence-electron chi connectivity index (χ2n) is 9.57. The molecule has 0 aromatic heterocycles. The van der Waals surface area contributed by atoms with Crippen LogP contribution in [0, 0.1) is 5.41 Å². The summed E-state index contributed by atoms with van der Waals surface area (Å²) in [5.74, 6) is -1.24. The number of ketones is 1. The Bertz CT molecular complexity index is 927. The fourth-order valence-corrected chi connectivity index (χ4v) is 5.66. The lowest BCUT2D eigenvalue weighted by atomic mass is 9.65. The molecule has 3 aliphatic rings. The number of morpholine rings is 1. The number of nitrogens with zero attached hydrogens (tertiary/aromatic N) is 3. The third-order valence-corrected chi connectivity index (χ3v) is 7.23. The Morgan fingerprint density at radius 1 is 1.09 bits per heavy atom. The van der Waals surface area contributed by atoms with Crippen LogP contribution in [0.3, 0.4) is 0 Å². The molecule has 1 N–H and O–H groups in total. The molecule has 2 saturated heterocycles. The number of imide groups is 1. The van der Waals surface area contributed by atoms with Crippen LogP contribution in [0.15, 0.2) is 18.2 Å². The van der Waals surface area contributed by atoms with Gasteiger partial charge in [-0.3, -0.25) is 19.7 Å². The lowest BCUT2D eigenvalue weighted by Crippen LogP contribution is -2.69. The van der Waals surface area contributed by atoms with Gasteiger partial charge in [-0.15, -0.1) is 0 Å². The molecule has 0 radical (unpaired) electrons. The van der Waals surface area contributed by atoms with Crippen molar-refractivity contribution >= 4 is 29.0 Å². The molecular weight excluding hydrogens is 408 g/mol. The first-order valence-corrected chi connectivity index (χ1v) is 11.4. The fourth-order valence-electron chi connectivity index (χ4n) is 5.66. The van der Waals surface area contributed by atoms with E-state index in [9.17, 15) is 14.4 Å². The Morgan fingerprint density at radius 2 is 1.78 bits per heavy atom. The Kier molecular flexibility index (Phi) is 6.02. The van der Waals surface area contributed by atoms with Crippen LogP contribution in [-0.4, -0.2) is 80.5 Å². The highest BCUT2D eigenvalue weighted by Crippen LogP contribution is 2.47. The maximum Gasteiger partial charge on any atom is 0.242 e. The van der Waals surface area contributed by atoms with Gasteiger partial charge in [-0.2, -0.15) is 0 Å². The number of carbonyl (C=O) groups is 3. The molecule has 8 nitrogen and oxygen atoms in total. The normalized spacial score (nSPS) is 30.3. The van der Waals surface area contributed by atoms with Gasteiger partial charge in [0.25, 0.3) is 0 Å². The second-order valence-corrected chi connectivity index (χ2v) is 9.57. The van der Waals surface area contributed by atoms with Crippen LogP contribution in [0.25, 0.3) is 0 Å². The lowest BCUT2D eigenvalue weighted by molar-refractivity contribution is -0.151. The SMILES string of the molecule is CC(=O)NC(=O)[C@]1(C(C)=O)Cc2ccc(N3CCN(C)CC3)cc2N2C[C@@H](C)O[C@@H](C)[C@@H]21. The number of ether oxygens (including phenoxy) is 1. The topological polar surface area (TPSA) is 82.2 Å². The average molecular weight is 443 g/mol. The number of piperazine rings is 1. The van der Waals surface area contributed by atoms with Gasteiger partial charge in [0.2, 0.25) is 11.8 Å². The van der Waals surface area contributed by atoms with Gasteiger partial charge in [-0.05, 0) is 51.9 Å². The van der Waals surface area contributed by atoms with Gasteiger partial charge in [-0.25, -0.2) is 0 Å². The maximum atomic E-state index is 13.4. The van der Waals surface area contributed by atoms with Crippen molar-refractivity contribution in [1.82, 2.24) is 10.2 Å². The van der Waals surface area contributed by atoms with Gasteiger partial charge in [0.15, 0.2) is 0 Å². The van der Waals surface area contributed by atoms with E-state index in [1.165, 1.54) is 13.8 Å². The minimum atomic E-state index is -1.38. The summed E-state index contributed by atoms with van der Waals surface area (Å²) in [6.07, 6.45) is -0.135. The molecular formula is C24H34N4O4. The first-order chi connectivity index (χ1) is 15.1. The summed E-state index contributed by atoms with van der Waals surface area (Å²) in [4.78, 5) is 45.1. The van der Waals surface area contributed by atoms with Crippen LogP contribution in [0.2, 0.25) is 0 Å². The second kappa shape index (κ2) is 8.48. The molecule has 0 saturated carbocycles. The average Bonchev–Trinajstić information content (AvgIpc) is 2.72. The van der Waals surface area contributed by atoms with E-state index < -0.39 is 23.3 Å². The Labute approximate surface area is 189 Å². The van der Waals surface area contributed by atoms with Crippen molar-refractivity contribution < 1.29 is 19.1 Å². The van der Waals surface area contributed by atoms with E-state index in [4.69, 9.17) is 4.74 Å². The van der Waals surface area contributed by atoms with E-state index >= 15 is 0 Å². The predicted octanol–water partition coefficient (Wildman–Crippen LogP) is 1.21. The Balaban J connectivity index is 1.80. The molecule has 3 heterocycles. The standard InChI is InChI=1S/C24H34N4O4/c1-15-14-28-21-12-20(27-10-8-26(5)9-11-27)7-6-19(21)13-24(17(3)29,22(28)16(2)32-15)23(31)25-18(4)30/h6-7,12,15-16,22H,8-11,13-14H2,1-5H3,(H,25,30,31)/t15-,16+,22-,24+/m1/s1. The van der Waals surface area contributed by atoms with Crippen molar-refractivity contribution in [3.05, 3.63) is 23.8 Å². The zero-order chi connectivity index (χ0) is 23.2. The number of rotatable bonds is 3. The van der Waals surface area contributed by atoms with Gasteiger partial charge in [0, 0.05) is 51.0 Å². The number of hydrogen-bond donors (Lipinski definition) is 1. The summed E-state index contributed by atoms with van der Waals surface area (Å²) in [6, 6.07) is 5.85. The van der Waals surface area contributed by atoms with Crippen LogP contribution in [0.4, 0.5) is 11.4 Å². The van der Waals surface area contributed by atoms with E-state index in [-0.39, 0.29) is 24.4 Å². The maximum absolute atomic E-state index is 13.4. The zero-order valence-corrected chi connectivity index (χ0v) is 19.7. The molecule has 0 spiro atoms. The number of benzene rings is 1. The van der Waals surface area contributed by atoms with Crippen LogP contribution in [-0.2, 0) is 25.5 Å². The molecule has 4 atom stereocenters. The summed E-state index contributed by atoms with van der Waals surface area (Å²) in [5.41, 5.74) is 1.79. The first-order valence-electron chi connectivity index (χ1n) is 11.4. The van der Waals surface area contributed by atoms with Crippen LogP contribution >= 0.6 is 0 Å². The van der Waals surface area contributed by atoms with Crippen molar-refractivity contribution in [1.29, 1.82) is 0 Å². The number of anilines is 2. The van der Waals surface area contributed by atoms with Gasteiger partial charge >= 0.3 is 0 Å². The van der Waals surface area contributed by atoms with Crippen LogP contribution in [0.1, 0.15) is 33.3 Å². The number of Topliss-reactive ketones (excluding diaryl/α,β-unsaturated/α-hetero) is 1. The highest BCUT2D eigenvalue weighted by Gasteiger charge is 2.59. The van der Waals surface area contributed by atoms with Crippen molar-refractivity contribution in [3.63, 3.8) is 0 Å². The van der Waals surface area contributed by atoms with E-state index in [0.29, 0.717) is 6.54 Å². The largest absolute Gasteiger partial charge is 0.372 e. The molecule has 174 valence electrons. The highest BCUT2D eigenvalue weighted by atomic mass is 16.5. The Morgan fingerprint density at radius 3 is 2.41 bits per heavy atom.